The van der Waals surface area contributed by atoms with Crippen molar-refractivity contribution in [2.75, 3.05) is 17.7 Å². The monoisotopic (exact) mass is 516 g/mol. The molecule has 0 aliphatic rings. The SMILES string of the molecule is Cc1ccc(S(=O)(=O)CCOC(=O)c2ccc(NC(=O)NS(=O)(=O)c3ccc(C)cc3)cc2)cc1. The number of ether oxygens (including phenoxy) is 1. The molecular weight excluding hydrogens is 492 g/mol. The van der Waals surface area contributed by atoms with E-state index in [1.54, 1.807) is 24.3 Å². The lowest BCUT2D eigenvalue weighted by Gasteiger charge is -2.10. The van der Waals surface area contributed by atoms with Gasteiger partial charge in [-0.3, -0.25) is 0 Å². The van der Waals surface area contributed by atoms with Crippen molar-refractivity contribution < 1.29 is 31.2 Å². The number of sulfone groups is 1. The van der Waals surface area contributed by atoms with Crippen molar-refractivity contribution in [3.8, 4) is 0 Å². The van der Waals surface area contributed by atoms with Crippen molar-refractivity contribution in [3.63, 3.8) is 0 Å². The minimum atomic E-state index is -4.05. The Bertz CT molecular complexity index is 1410. The molecule has 3 aromatic rings. The summed E-state index contributed by atoms with van der Waals surface area (Å²) in [6, 6.07) is 16.9. The van der Waals surface area contributed by atoms with Crippen LogP contribution in [0.25, 0.3) is 0 Å². The van der Waals surface area contributed by atoms with E-state index in [4.69, 9.17) is 4.74 Å². The quantitative estimate of drug-likeness (QED) is 0.438. The molecule has 0 aliphatic carbocycles. The van der Waals surface area contributed by atoms with Gasteiger partial charge in [-0.15, -0.1) is 0 Å². The lowest BCUT2D eigenvalue weighted by Crippen LogP contribution is -2.34. The van der Waals surface area contributed by atoms with Gasteiger partial charge in [-0.25, -0.2) is 31.1 Å². The smallest absolute Gasteiger partial charge is 0.338 e. The molecule has 2 N–H and O–H groups in total. The maximum Gasteiger partial charge on any atom is 0.338 e. The fourth-order valence-corrected chi connectivity index (χ4v) is 4.93. The first-order valence-electron chi connectivity index (χ1n) is 10.4. The number of aryl methyl sites for hydroxylation is 2. The van der Waals surface area contributed by atoms with Crippen molar-refractivity contribution in [1.29, 1.82) is 0 Å². The summed E-state index contributed by atoms with van der Waals surface area (Å²) in [5, 5.41) is 2.37. The van der Waals surface area contributed by atoms with Crippen LogP contribution in [0, 0.1) is 13.8 Å². The molecule has 0 aliphatic heterocycles. The van der Waals surface area contributed by atoms with Crippen LogP contribution in [-0.4, -0.2) is 41.2 Å². The fraction of sp³-hybridized carbons (Fsp3) is 0.167. The molecule has 9 nitrogen and oxygen atoms in total. The first-order chi connectivity index (χ1) is 16.5. The highest BCUT2D eigenvalue weighted by atomic mass is 32.2. The fourth-order valence-electron chi connectivity index (χ4n) is 2.94. The van der Waals surface area contributed by atoms with Gasteiger partial charge in [-0.05, 0) is 62.4 Å². The Hall–Kier alpha value is -3.70. The molecule has 0 fully saturated rings. The van der Waals surface area contributed by atoms with E-state index in [2.05, 4.69) is 5.32 Å². The number of hydrogen-bond acceptors (Lipinski definition) is 7. The summed E-state index contributed by atoms with van der Waals surface area (Å²) >= 11 is 0. The van der Waals surface area contributed by atoms with E-state index >= 15 is 0 Å². The zero-order valence-corrected chi connectivity index (χ0v) is 20.6. The topological polar surface area (TPSA) is 136 Å². The number of carbonyl (C=O) groups excluding carboxylic acids is 2. The Morgan fingerprint density at radius 2 is 1.26 bits per heavy atom. The Morgan fingerprint density at radius 3 is 1.80 bits per heavy atom. The normalized spacial score (nSPS) is 11.5. The zero-order chi connectivity index (χ0) is 25.6. The minimum absolute atomic E-state index is 0.0549. The molecule has 0 saturated carbocycles. The van der Waals surface area contributed by atoms with Gasteiger partial charge < -0.3 is 10.1 Å². The molecule has 0 spiro atoms. The van der Waals surface area contributed by atoms with Crippen LogP contribution in [0.1, 0.15) is 21.5 Å². The third kappa shape index (κ3) is 7.14. The molecule has 2 amide bonds. The number of esters is 1. The van der Waals surface area contributed by atoms with E-state index < -0.39 is 31.9 Å². The Morgan fingerprint density at radius 1 is 0.743 bits per heavy atom. The third-order valence-electron chi connectivity index (χ3n) is 4.90. The van der Waals surface area contributed by atoms with Gasteiger partial charge in [0.2, 0.25) is 0 Å². The van der Waals surface area contributed by atoms with Gasteiger partial charge in [0.15, 0.2) is 9.84 Å². The highest BCUT2D eigenvalue weighted by Crippen LogP contribution is 2.14. The Kier molecular flexibility index (Phi) is 7.92. The summed E-state index contributed by atoms with van der Waals surface area (Å²) < 4.78 is 56.2. The lowest BCUT2D eigenvalue weighted by molar-refractivity contribution is 0.0529. The number of carbonyl (C=O) groups is 2. The van der Waals surface area contributed by atoms with Crippen LogP contribution in [0.2, 0.25) is 0 Å². The number of sulfonamides is 1. The van der Waals surface area contributed by atoms with Gasteiger partial charge in [-0.2, -0.15) is 0 Å². The largest absolute Gasteiger partial charge is 0.461 e. The van der Waals surface area contributed by atoms with Crippen LogP contribution in [-0.2, 0) is 24.6 Å². The molecular formula is C24H24N2O7S2. The average Bonchev–Trinajstić information content (AvgIpc) is 2.79. The highest BCUT2D eigenvalue weighted by Gasteiger charge is 2.18. The number of urea groups is 1. The van der Waals surface area contributed by atoms with Crippen molar-refractivity contribution in [2.24, 2.45) is 0 Å². The van der Waals surface area contributed by atoms with Crippen molar-refractivity contribution in [2.45, 2.75) is 23.6 Å². The summed E-state index contributed by atoms with van der Waals surface area (Å²) in [4.78, 5) is 24.4. The second-order valence-corrected chi connectivity index (χ2v) is 11.5. The molecule has 0 saturated heterocycles. The van der Waals surface area contributed by atoms with Gasteiger partial charge in [0.05, 0.1) is 21.1 Å². The molecule has 0 bridgehead atoms. The van der Waals surface area contributed by atoms with Crippen LogP contribution < -0.4 is 10.0 Å². The average molecular weight is 517 g/mol. The second kappa shape index (κ2) is 10.7. The van der Waals surface area contributed by atoms with Crippen LogP contribution >= 0.6 is 0 Å². The van der Waals surface area contributed by atoms with Crippen LogP contribution in [0.5, 0.6) is 0 Å². The highest BCUT2D eigenvalue weighted by molar-refractivity contribution is 7.91. The summed E-state index contributed by atoms with van der Waals surface area (Å²) in [5.74, 6) is -1.10. The number of benzene rings is 3. The number of rotatable bonds is 8. The van der Waals surface area contributed by atoms with E-state index in [0.29, 0.717) is 0 Å². The van der Waals surface area contributed by atoms with Crippen molar-refractivity contribution in [3.05, 3.63) is 89.5 Å². The molecule has 0 atom stereocenters. The summed E-state index contributed by atoms with van der Waals surface area (Å²) in [5.41, 5.74) is 2.18. The standard InChI is InChI=1S/C24H24N2O7S2/c1-17-3-11-21(12-4-17)34(29,30)16-15-33-23(27)19-7-9-20(10-8-19)25-24(28)26-35(31,32)22-13-5-18(2)6-14-22/h3-14H,15-16H2,1-2H3,(H2,25,26,28). The number of nitrogens with one attached hydrogen (secondary N) is 2. The first kappa shape index (κ1) is 25.9. The molecule has 11 heteroatoms. The molecule has 0 heterocycles. The molecule has 184 valence electrons. The molecule has 0 unspecified atom stereocenters. The third-order valence-corrected chi connectivity index (χ3v) is 7.94. The summed E-state index contributed by atoms with van der Waals surface area (Å²) in [6.45, 7) is 3.33. The van der Waals surface area contributed by atoms with Gasteiger partial charge in [0, 0.05) is 5.69 Å². The lowest BCUT2D eigenvalue weighted by atomic mass is 10.2. The van der Waals surface area contributed by atoms with Gasteiger partial charge in [0.25, 0.3) is 10.0 Å². The number of amides is 2. The number of hydrogen-bond donors (Lipinski definition) is 2. The minimum Gasteiger partial charge on any atom is -0.461 e. The van der Waals surface area contributed by atoms with Gasteiger partial charge >= 0.3 is 12.0 Å². The van der Waals surface area contributed by atoms with E-state index in [0.717, 1.165) is 11.1 Å². The summed E-state index contributed by atoms with van der Waals surface area (Å²) in [7, 11) is -7.64. The van der Waals surface area contributed by atoms with Crippen molar-refractivity contribution >= 4 is 37.5 Å². The summed E-state index contributed by atoms with van der Waals surface area (Å²) in [6.07, 6.45) is 0. The van der Waals surface area contributed by atoms with E-state index in [9.17, 15) is 26.4 Å². The Labute approximate surface area is 204 Å². The second-order valence-electron chi connectivity index (χ2n) is 7.72. The predicted octanol–water partition coefficient (Wildman–Crippen LogP) is 3.44. The maximum atomic E-state index is 12.3. The predicted molar refractivity (Wildman–Crippen MR) is 130 cm³/mol. The van der Waals surface area contributed by atoms with Crippen LogP contribution in [0.3, 0.4) is 0 Å². The van der Waals surface area contributed by atoms with Gasteiger partial charge in [0.1, 0.15) is 6.61 Å². The molecule has 3 aromatic carbocycles. The molecule has 3 rings (SSSR count). The molecule has 0 aromatic heterocycles. The van der Waals surface area contributed by atoms with Crippen LogP contribution in [0.4, 0.5) is 10.5 Å². The zero-order valence-electron chi connectivity index (χ0n) is 19.0. The first-order valence-corrected chi connectivity index (χ1v) is 13.6. The number of anilines is 1. The Balaban J connectivity index is 1.52. The van der Waals surface area contributed by atoms with Crippen LogP contribution in [0.15, 0.2) is 82.6 Å². The van der Waals surface area contributed by atoms with E-state index in [1.165, 1.54) is 48.5 Å². The van der Waals surface area contributed by atoms with Crippen molar-refractivity contribution in [1.82, 2.24) is 4.72 Å². The maximum absolute atomic E-state index is 12.3. The van der Waals surface area contributed by atoms with E-state index in [-0.39, 0.29) is 33.4 Å². The van der Waals surface area contributed by atoms with E-state index in [1.807, 2.05) is 18.6 Å². The van der Waals surface area contributed by atoms with Gasteiger partial charge in [-0.1, -0.05) is 35.4 Å². The molecule has 35 heavy (non-hydrogen) atoms. The molecule has 0 radical (unpaired) electrons.